The molecule has 4 nitrogen and oxygen atoms in total. The van der Waals surface area contributed by atoms with E-state index in [9.17, 15) is 9.90 Å². The van der Waals surface area contributed by atoms with Crippen molar-refractivity contribution in [1.29, 1.82) is 0 Å². The lowest BCUT2D eigenvalue weighted by Gasteiger charge is -2.26. The Balaban J connectivity index is 1.78. The van der Waals surface area contributed by atoms with E-state index in [1.165, 1.54) is 0 Å². The van der Waals surface area contributed by atoms with Crippen LogP contribution in [0.25, 0.3) is 0 Å². The van der Waals surface area contributed by atoms with E-state index in [-0.39, 0.29) is 18.2 Å². The summed E-state index contributed by atoms with van der Waals surface area (Å²) in [7, 11) is 0. The third-order valence-corrected chi connectivity index (χ3v) is 4.37. The minimum absolute atomic E-state index is 0.143. The van der Waals surface area contributed by atoms with Gasteiger partial charge in [-0.2, -0.15) is 0 Å². The number of nitrogens with one attached hydrogen (secondary N) is 2. The summed E-state index contributed by atoms with van der Waals surface area (Å²) in [6, 6.07) is 7.16. The molecule has 0 spiro atoms. The molecular formula is C16H23ClN2O2. The molecule has 0 aromatic heterocycles. The van der Waals surface area contributed by atoms with Crippen molar-refractivity contribution < 1.29 is 9.90 Å². The summed E-state index contributed by atoms with van der Waals surface area (Å²) in [5, 5.41) is 16.1. The molecule has 0 aliphatic heterocycles. The van der Waals surface area contributed by atoms with Crippen LogP contribution in [-0.2, 0) is 0 Å². The van der Waals surface area contributed by atoms with E-state index < -0.39 is 0 Å². The Labute approximate surface area is 130 Å². The highest BCUT2D eigenvalue weighted by Gasteiger charge is 2.21. The maximum Gasteiger partial charge on any atom is 0.315 e. The zero-order valence-corrected chi connectivity index (χ0v) is 13.1. The number of hydrogen-bond donors (Lipinski definition) is 3. The van der Waals surface area contributed by atoms with E-state index in [4.69, 9.17) is 11.6 Å². The van der Waals surface area contributed by atoms with Crippen molar-refractivity contribution in [2.75, 3.05) is 6.54 Å². The Morgan fingerprint density at radius 2 is 2.19 bits per heavy atom. The summed E-state index contributed by atoms with van der Waals surface area (Å²) in [5.41, 5.74) is 0.905. The summed E-state index contributed by atoms with van der Waals surface area (Å²) in [6.07, 6.45) is 3.55. The van der Waals surface area contributed by atoms with Gasteiger partial charge >= 0.3 is 6.03 Å². The van der Waals surface area contributed by atoms with E-state index in [2.05, 4.69) is 10.6 Å². The first-order chi connectivity index (χ1) is 10.1. The van der Waals surface area contributed by atoms with E-state index in [0.29, 0.717) is 17.5 Å². The molecule has 1 aliphatic rings. The smallest absolute Gasteiger partial charge is 0.315 e. The van der Waals surface area contributed by atoms with Gasteiger partial charge in [0.1, 0.15) is 0 Å². The molecule has 0 saturated heterocycles. The van der Waals surface area contributed by atoms with Gasteiger partial charge in [-0.1, -0.05) is 36.2 Å². The minimum Gasteiger partial charge on any atom is -0.393 e. The molecule has 21 heavy (non-hydrogen) atoms. The minimum atomic E-state index is -0.212. The lowest BCUT2D eigenvalue weighted by molar-refractivity contribution is 0.101. The predicted octanol–water partition coefficient (Wildman–Crippen LogP) is 3.25. The molecule has 1 aliphatic carbocycles. The highest BCUT2D eigenvalue weighted by Crippen LogP contribution is 2.24. The highest BCUT2D eigenvalue weighted by molar-refractivity contribution is 6.31. The predicted molar refractivity (Wildman–Crippen MR) is 84.4 cm³/mol. The molecule has 0 bridgehead atoms. The van der Waals surface area contributed by atoms with Gasteiger partial charge in [0.2, 0.25) is 0 Å². The normalized spacial score (nSPS) is 23.4. The molecule has 2 rings (SSSR count). The molecule has 5 heteroatoms. The molecule has 1 fully saturated rings. The summed E-state index contributed by atoms with van der Waals surface area (Å²) in [4.78, 5) is 11.9. The van der Waals surface area contributed by atoms with Gasteiger partial charge in [-0.05, 0) is 43.7 Å². The van der Waals surface area contributed by atoms with E-state index in [1.807, 2.05) is 31.2 Å². The van der Waals surface area contributed by atoms with Crippen molar-refractivity contribution in [1.82, 2.24) is 10.6 Å². The van der Waals surface area contributed by atoms with Gasteiger partial charge in [0.25, 0.3) is 0 Å². The van der Waals surface area contributed by atoms with Crippen molar-refractivity contribution in [3.05, 3.63) is 34.9 Å². The fraction of sp³-hybridized carbons (Fsp3) is 0.562. The second-order valence-electron chi connectivity index (χ2n) is 5.78. The first kappa shape index (κ1) is 16.1. The van der Waals surface area contributed by atoms with Gasteiger partial charge in [0, 0.05) is 11.6 Å². The second-order valence-corrected chi connectivity index (χ2v) is 6.19. The third-order valence-electron chi connectivity index (χ3n) is 4.03. The summed E-state index contributed by atoms with van der Waals surface area (Å²) < 4.78 is 0. The Kier molecular flexibility index (Phi) is 5.88. The number of amides is 2. The van der Waals surface area contributed by atoms with Crippen LogP contribution in [-0.4, -0.2) is 23.8 Å². The van der Waals surface area contributed by atoms with E-state index in [1.54, 1.807) is 0 Å². The van der Waals surface area contributed by atoms with Crippen molar-refractivity contribution in [2.45, 2.75) is 44.8 Å². The Bertz CT molecular complexity index is 481. The number of rotatable bonds is 4. The van der Waals surface area contributed by atoms with Crippen molar-refractivity contribution >= 4 is 17.6 Å². The molecule has 3 atom stereocenters. The van der Waals surface area contributed by atoms with Gasteiger partial charge < -0.3 is 15.7 Å². The molecule has 0 heterocycles. The van der Waals surface area contributed by atoms with Crippen LogP contribution in [0.3, 0.4) is 0 Å². The molecule has 1 aromatic carbocycles. The number of benzene rings is 1. The monoisotopic (exact) mass is 310 g/mol. The SMILES string of the molecule is CC(NC(=O)NCC1CCCC(O)C1)c1ccccc1Cl. The lowest BCUT2D eigenvalue weighted by Crippen LogP contribution is -2.40. The van der Waals surface area contributed by atoms with E-state index in [0.717, 1.165) is 31.2 Å². The summed E-state index contributed by atoms with van der Waals surface area (Å²) in [5.74, 6) is 0.370. The molecule has 1 aromatic rings. The standard InChI is InChI=1S/C16H23ClN2O2/c1-11(14-7-2-3-8-15(14)17)19-16(21)18-10-12-5-4-6-13(20)9-12/h2-3,7-8,11-13,20H,4-6,9-10H2,1H3,(H2,18,19,21). The Morgan fingerprint density at radius 1 is 1.43 bits per heavy atom. The first-order valence-electron chi connectivity index (χ1n) is 7.53. The second kappa shape index (κ2) is 7.66. The van der Waals surface area contributed by atoms with Crippen LogP contribution in [0.2, 0.25) is 5.02 Å². The van der Waals surface area contributed by atoms with Crippen LogP contribution >= 0.6 is 11.6 Å². The highest BCUT2D eigenvalue weighted by atomic mass is 35.5. The average Bonchev–Trinajstić information content (AvgIpc) is 2.45. The third kappa shape index (κ3) is 4.90. The number of aliphatic hydroxyl groups excluding tert-OH is 1. The van der Waals surface area contributed by atoms with Gasteiger partial charge in [-0.15, -0.1) is 0 Å². The van der Waals surface area contributed by atoms with Crippen LogP contribution in [0.15, 0.2) is 24.3 Å². The molecule has 3 unspecified atom stereocenters. The number of halogens is 1. The zero-order valence-electron chi connectivity index (χ0n) is 12.3. The van der Waals surface area contributed by atoms with Crippen molar-refractivity contribution in [3.8, 4) is 0 Å². The van der Waals surface area contributed by atoms with Gasteiger partial charge in [0.05, 0.1) is 12.1 Å². The van der Waals surface area contributed by atoms with Crippen LogP contribution in [0.1, 0.15) is 44.2 Å². The molecule has 2 amide bonds. The summed E-state index contributed by atoms with van der Waals surface area (Å²) >= 11 is 6.12. The number of hydrogen-bond acceptors (Lipinski definition) is 2. The Morgan fingerprint density at radius 3 is 2.90 bits per heavy atom. The molecule has 3 N–H and O–H groups in total. The Hall–Kier alpha value is -1.26. The molecule has 0 radical (unpaired) electrons. The van der Waals surface area contributed by atoms with Crippen LogP contribution in [0.5, 0.6) is 0 Å². The maximum absolute atomic E-state index is 11.9. The average molecular weight is 311 g/mol. The largest absolute Gasteiger partial charge is 0.393 e. The van der Waals surface area contributed by atoms with Gasteiger partial charge in [-0.25, -0.2) is 4.79 Å². The first-order valence-corrected chi connectivity index (χ1v) is 7.91. The molecular weight excluding hydrogens is 288 g/mol. The zero-order chi connectivity index (χ0) is 15.2. The number of carbonyl (C=O) groups excluding carboxylic acids is 1. The summed E-state index contributed by atoms with van der Waals surface area (Å²) in [6.45, 7) is 2.52. The van der Waals surface area contributed by atoms with Crippen molar-refractivity contribution in [2.24, 2.45) is 5.92 Å². The quantitative estimate of drug-likeness (QED) is 0.799. The van der Waals surface area contributed by atoms with Gasteiger partial charge in [0.15, 0.2) is 0 Å². The molecule has 1 saturated carbocycles. The van der Waals surface area contributed by atoms with Crippen LogP contribution in [0.4, 0.5) is 4.79 Å². The van der Waals surface area contributed by atoms with Gasteiger partial charge in [-0.3, -0.25) is 0 Å². The van der Waals surface area contributed by atoms with Crippen LogP contribution in [0, 0.1) is 5.92 Å². The van der Waals surface area contributed by atoms with Crippen molar-refractivity contribution in [3.63, 3.8) is 0 Å². The number of carbonyl (C=O) groups is 1. The van der Waals surface area contributed by atoms with Crippen LogP contribution < -0.4 is 10.6 Å². The van der Waals surface area contributed by atoms with E-state index >= 15 is 0 Å². The molecule has 116 valence electrons. The fourth-order valence-electron chi connectivity index (χ4n) is 2.84. The lowest BCUT2D eigenvalue weighted by atomic mass is 9.87. The topological polar surface area (TPSA) is 61.4 Å². The number of urea groups is 1. The maximum atomic E-state index is 11.9. The number of aliphatic hydroxyl groups is 1. The fourth-order valence-corrected chi connectivity index (χ4v) is 3.14.